The summed E-state index contributed by atoms with van der Waals surface area (Å²) in [6, 6.07) is 8.16. The third kappa shape index (κ3) is 4.97. The van der Waals surface area contributed by atoms with Gasteiger partial charge in [-0.15, -0.1) is 0 Å². The molecule has 1 aromatic carbocycles. The van der Waals surface area contributed by atoms with Crippen molar-refractivity contribution in [2.75, 3.05) is 13.6 Å². The van der Waals surface area contributed by atoms with Crippen LogP contribution in [0.3, 0.4) is 0 Å². The Bertz CT molecular complexity index is 584. The Hall–Kier alpha value is -1.13. The Kier molecular flexibility index (Phi) is 6.62. The van der Waals surface area contributed by atoms with Crippen molar-refractivity contribution in [1.82, 2.24) is 4.31 Å². The van der Waals surface area contributed by atoms with Gasteiger partial charge in [0.05, 0.1) is 22.0 Å². The van der Waals surface area contributed by atoms with Gasteiger partial charge in [0.25, 0.3) is 0 Å². The highest BCUT2D eigenvalue weighted by Gasteiger charge is 2.23. The number of nitrogens with zero attached hydrogens (tertiary/aromatic N) is 1. The average Bonchev–Trinajstić information content (AvgIpc) is 2.92. The maximum absolute atomic E-state index is 12.2. The van der Waals surface area contributed by atoms with E-state index >= 15 is 0 Å². The van der Waals surface area contributed by atoms with E-state index < -0.39 is 11.0 Å². The van der Waals surface area contributed by atoms with Crippen LogP contribution >= 0.6 is 0 Å². The quantitative estimate of drug-likeness (QED) is 0.839. The number of benzene rings is 1. The average molecular weight is 309 g/mol. The molecule has 0 aliphatic heterocycles. The van der Waals surface area contributed by atoms with Crippen molar-refractivity contribution in [1.29, 1.82) is 0 Å². The largest absolute Gasteiger partial charge is 0.464 e. The number of hydrogen-bond acceptors (Lipinski definition) is 2. The van der Waals surface area contributed by atoms with Crippen molar-refractivity contribution in [3.63, 3.8) is 0 Å². The summed E-state index contributed by atoms with van der Waals surface area (Å²) in [4.78, 5) is 0. The van der Waals surface area contributed by atoms with E-state index in [1.54, 1.807) is 6.26 Å². The molecule has 21 heavy (non-hydrogen) atoms. The number of fused-ring (bicyclic) bond motifs is 1. The van der Waals surface area contributed by atoms with Crippen molar-refractivity contribution in [2.24, 2.45) is 0 Å². The molecular weight excluding hydrogens is 282 g/mol. The molecule has 118 valence electrons. The van der Waals surface area contributed by atoms with Crippen molar-refractivity contribution < 1.29 is 8.63 Å². The van der Waals surface area contributed by atoms with Gasteiger partial charge in [-0.25, -0.2) is 8.51 Å². The van der Waals surface area contributed by atoms with Gasteiger partial charge in [0.15, 0.2) is 0 Å². The normalized spacial score (nSPS) is 13.1. The number of hydrogen-bond donors (Lipinski definition) is 0. The first-order valence-corrected chi connectivity index (χ1v) is 8.58. The fourth-order valence-corrected chi connectivity index (χ4v) is 3.20. The summed E-state index contributed by atoms with van der Waals surface area (Å²) in [6.07, 6.45) is 2.59. The highest BCUT2D eigenvalue weighted by molar-refractivity contribution is 7.84. The van der Waals surface area contributed by atoms with Crippen LogP contribution in [-0.2, 0) is 17.4 Å². The molecule has 1 unspecified atom stereocenters. The molecule has 3 nitrogen and oxygen atoms in total. The van der Waals surface area contributed by atoms with Crippen molar-refractivity contribution in [3.05, 3.63) is 36.1 Å². The van der Waals surface area contributed by atoms with Gasteiger partial charge in [0, 0.05) is 11.9 Å². The second kappa shape index (κ2) is 7.76. The molecule has 2 rings (SSSR count). The molecule has 0 saturated heterocycles. The molecule has 0 saturated carbocycles. The van der Waals surface area contributed by atoms with E-state index in [4.69, 9.17) is 4.42 Å². The summed E-state index contributed by atoms with van der Waals surface area (Å²) in [6.45, 7) is 10.8. The lowest BCUT2D eigenvalue weighted by atomic mass is 10.1. The molecule has 0 aliphatic rings. The second-order valence-corrected chi connectivity index (χ2v) is 8.10. The monoisotopic (exact) mass is 309 g/mol. The Morgan fingerprint density at radius 2 is 1.86 bits per heavy atom. The van der Waals surface area contributed by atoms with Gasteiger partial charge < -0.3 is 4.42 Å². The van der Waals surface area contributed by atoms with Crippen molar-refractivity contribution in [2.45, 2.75) is 45.8 Å². The van der Waals surface area contributed by atoms with E-state index in [9.17, 15) is 4.21 Å². The molecule has 1 aromatic heterocycles. The van der Waals surface area contributed by atoms with Gasteiger partial charge in [0.1, 0.15) is 5.58 Å². The van der Waals surface area contributed by atoms with Crippen LogP contribution in [-0.4, -0.2) is 26.9 Å². The molecule has 0 amide bonds. The summed E-state index contributed by atoms with van der Waals surface area (Å²) in [5.74, 6) is 0. The van der Waals surface area contributed by atoms with E-state index in [2.05, 4.69) is 12.1 Å². The molecule has 0 aliphatic carbocycles. The standard InChI is InChI=1S/C15H21NO2S.C2H6/c1-15(2,3)19(17)16(4)9-7-12-5-6-14-13(11-12)8-10-18-14;1-2/h5-6,8,10-11H,7,9H2,1-4H3;1-2H3. The van der Waals surface area contributed by atoms with Crippen LogP contribution in [0.15, 0.2) is 34.9 Å². The molecule has 0 N–H and O–H groups in total. The van der Waals surface area contributed by atoms with E-state index in [0.29, 0.717) is 0 Å². The van der Waals surface area contributed by atoms with Gasteiger partial charge in [0.2, 0.25) is 0 Å². The topological polar surface area (TPSA) is 33.5 Å². The highest BCUT2D eigenvalue weighted by Crippen LogP contribution is 2.18. The van der Waals surface area contributed by atoms with Gasteiger partial charge in [-0.1, -0.05) is 19.9 Å². The third-order valence-electron chi connectivity index (χ3n) is 3.04. The molecule has 0 spiro atoms. The van der Waals surface area contributed by atoms with Crippen LogP contribution in [0.5, 0.6) is 0 Å². The highest BCUT2D eigenvalue weighted by atomic mass is 32.2. The fraction of sp³-hybridized carbons (Fsp3) is 0.529. The van der Waals surface area contributed by atoms with E-state index in [0.717, 1.165) is 23.9 Å². The summed E-state index contributed by atoms with van der Waals surface area (Å²) in [5.41, 5.74) is 2.15. The molecular formula is C17H27NO2S. The number of rotatable bonds is 4. The van der Waals surface area contributed by atoms with Crippen LogP contribution in [0.1, 0.15) is 40.2 Å². The molecule has 2 aromatic rings. The zero-order valence-corrected chi connectivity index (χ0v) is 14.8. The van der Waals surface area contributed by atoms with E-state index in [-0.39, 0.29) is 4.75 Å². The predicted octanol–water partition coefficient (Wildman–Crippen LogP) is 4.40. The SMILES string of the molecule is CC.CN(CCc1ccc2occc2c1)S(=O)C(C)(C)C. The van der Waals surface area contributed by atoms with Crippen molar-refractivity contribution >= 4 is 22.0 Å². The summed E-state index contributed by atoms with van der Waals surface area (Å²) < 4.78 is 19.2. The molecule has 0 bridgehead atoms. The first-order chi connectivity index (χ1) is 9.88. The minimum atomic E-state index is -0.960. The zero-order valence-electron chi connectivity index (χ0n) is 14.0. The molecule has 0 fully saturated rings. The van der Waals surface area contributed by atoms with Gasteiger partial charge in [-0.2, -0.15) is 0 Å². The summed E-state index contributed by atoms with van der Waals surface area (Å²) in [5, 5.41) is 1.12. The fourth-order valence-electron chi connectivity index (χ4n) is 2.01. The number of furan rings is 1. The van der Waals surface area contributed by atoms with Crippen LogP contribution in [0.2, 0.25) is 0 Å². The minimum Gasteiger partial charge on any atom is -0.464 e. The lowest BCUT2D eigenvalue weighted by molar-refractivity contribution is 0.504. The minimum absolute atomic E-state index is 0.205. The third-order valence-corrected chi connectivity index (χ3v) is 4.84. The lowest BCUT2D eigenvalue weighted by Gasteiger charge is -2.25. The number of likely N-dealkylation sites (N-methyl/N-ethyl adjacent to an activating group) is 1. The Morgan fingerprint density at radius 1 is 1.19 bits per heavy atom. The Labute approximate surface area is 130 Å². The summed E-state index contributed by atoms with van der Waals surface area (Å²) >= 11 is 0. The van der Waals surface area contributed by atoms with Gasteiger partial charge >= 0.3 is 0 Å². The smallest absolute Gasteiger partial charge is 0.133 e. The lowest BCUT2D eigenvalue weighted by Crippen LogP contribution is -2.36. The second-order valence-electron chi connectivity index (χ2n) is 5.76. The first kappa shape index (κ1) is 17.9. The zero-order chi connectivity index (χ0) is 16.0. The van der Waals surface area contributed by atoms with Crippen LogP contribution in [0, 0.1) is 0 Å². The van der Waals surface area contributed by atoms with Crippen LogP contribution in [0.25, 0.3) is 11.0 Å². The Morgan fingerprint density at radius 3 is 2.48 bits per heavy atom. The predicted molar refractivity (Wildman–Crippen MR) is 91.8 cm³/mol. The first-order valence-electron chi connectivity index (χ1n) is 7.47. The Balaban J connectivity index is 0.00000106. The molecule has 1 heterocycles. The van der Waals surface area contributed by atoms with Gasteiger partial charge in [-0.3, -0.25) is 0 Å². The molecule has 0 radical (unpaired) electrons. The van der Waals surface area contributed by atoms with Crippen molar-refractivity contribution in [3.8, 4) is 0 Å². The van der Waals surface area contributed by atoms with E-state index in [1.807, 2.05) is 58.1 Å². The van der Waals surface area contributed by atoms with Gasteiger partial charge in [-0.05, 0) is 58.0 Å². The van der Waals surface area contributed by atoms with Crippen LogP contribution < -0.4 is 0 Å². The summed E-state index contributed by atoms with van der Waals surface area (Å²) in [7, 11) is 0.954. The maximum atomic E-state index is 12.2. The van der Waals surface area contributed by atoms with Crippen LogP contribution in [0.4, 0.5) is 0 Å². The maximum Gasteiger partial charge on any atom is 0.133 e. The van der Waals surface area contributed by atoms with E-state index in [1.165, 1.54) is 5.56 Å². The molecule has 1 atom stereocenters. The molecule has 4 heteroatoms.